The number of hydrogen-bond donors (Lipinski definition) is 1. The fourth-order valence-electron chi connectivity index (χ4n) is 1.77. The largest absolute Gasteiger partial charge is 0.423 e. The molecule has 4 nitrogen and oxygen atoms in total. The van der Waals surface area contributed by atoms with Crippen molar-refractivity contribution in [3.63, 3.8) is 0 Å². The maximum atomic E-state index is 9.06. The van der Waals surface area contributed by atoms with Gasteiger partial charge in [0.15, 0.2) is 5.58 Å². The van der Waals surface area contributed by atoms with Crippen LogP contribution < -0.4 is 4.90 Å². The zero-order valence-corrected chi connectivity index (χ0v) is 10.1. The first-order valence-corrected chi connectivity index (χ1v) is 6.06. The van der Waals surface area contributed by atoms with E-state index in [1.807, 2.05) is 29.2 Å². The first-order valence-electron chi connectivity index (χ1n) is 6.06. The van der Waals surface area contributed by atoms with Crippen LogP contribution in [0.25, 0.3) is 11.1 Å². The number of anilines is 1. The van der Waals surface area contributed by atoms with Gasteiger partial charge in [-0.15, -0.1) is 0 Å². The van der Waals surface area contributed by atoms with E-state index in [4.69, 9.17) is 9.52 Å². The lowest BCUT2D eigenvalue weighted by Crippen LogP contribution is -2.27. The molecular formula is C13H18N2O2. The van der Waals surface area contributed by atoms with E-state index in [1.165, 1.54) is 0 Å². The SMILES string of the molecule is CCCCN(CCO)c1nc2ccccc2o1. The summed E-state index contributed by atoms with van der Waals surface area (Å²) >= 11 is 0. The van der Waals surface area contributed by atoms with Crippen molar-refractivity contribution in [2.45, 2.75) is 19.8 Å². The van der Waals surface area contributed by atoms with Gasteiger partial charge < -0.3 is 14.4 Å². The van der Waals surface area contributed by atoms with Crippen LogP contribution in [0.2, 0.25) is 0 Å². The van der Waals surface area contributed by atoms with Crippen molar-refractivity contribution in [2.24, 2.45) is 0 Å². The normalized spacial score (nSPS) is 10.9. The summed E-state index contributed by atoms with van der Waals surface area (Å²) < 4.78 is 5.68. The van der Waals surface area contributed by atoms with E-state index in [-0.39, 0.29) is 6.61 Å². The third-order valence-corrected chi connectivity index (χ3v) is 2.70. The highest BCUT2D eigenvalue weighted by atomic mass is 16.4. The number of rotatable bonds is 6. The van der Waals surface area contributed by atoms with Crippen molar-refractivity contribution in [2.75, 3.05) is 24.6 Å². The molecule has 1 N–H and O–H groups in total. The predicted molar refractivity (Wildman–Crippen MR) is 68.2 cm³/mol. The van der Waals surface area contributed by atoms with Gasteiger partial charge in [0.1, 0.15) is 5.52 Å². The fraction of sp³-hybridized carbons (Fsp3) is 0.462. The van der Waals surface area contributed by atoms with Gasteiger partial charge in [0.2, 0.25) is 0 Å². The van der Waals surface area contributed by atoms with Gasteiger partial charge in [-0.1, -0.05) is 25.5 Å². The number of oxazole rings is 1. The average Bonchev–Trinajstić information content (AvgIpc) is 2.78. The number of para-hydroxylation sites is 2. The molecule has 0 aliphatic carbocycles. The van der Waals surface area contributed by atoms with Gasteiger partial charge in [-0.25, -0.2) is 0 Å². The third-order valence-electron chi connectivity index (χ3n) is 2.70. The number of aliphatic hydroxyl groups excluding tert-OH is 1. The smallest absolute Gasteiger partial charge is 0.298 e. The van der Waals surface area contributed by atoms with Crippen molar-refractivity contribution < 1.29 is 9.52 Å². The number of unbranched alkanes of at least 4 members (excludes halogenated alkanes) is 1. The molecule has 17 heavy (non-hydrogen) atoms. The second-order valence-corrected chi connectivity index (χ2v) is 4.03. The average molecular weight is 234 g/mol. The minimum Gasteiger partial charge on any atom is -0.423 e. The van der Waals surface area contributed by atoms with Crippen LogP contribution in [-0.2, 0) is 0 Å². The molecule has 0 unspecified atom stereocenters. The van der Waals surface area contributed by atoms with Crippen LogP contribution in [0.1, 0.15) is 19.8 Å². The maximum Gasteiger partial charge on any atom is 0.298 e. The molecule has 2 rings (SSSR count). The molecule has 92 valence electrons. The summed E-state index contributed by atoms with van der Waals surface area (Å²) in [6.07, 6.45) is 2.18. The van der Waals surface area contributed by atoms with Crippen LogP contribution in [0.5, 0.6) is 0 Å². The van der Waals surface area contributed by atoms with Crippen molar-refractivity contribution >= 4 is 17.1 Å². The summed E-state index contributed by atoms with van der Waals surface area (Å²) in [5.41, 5.74) is 1.66. The fourth-order valence-corrected chi connectivity index (χ4v) is 1.77. The van der Waals surface area contributed by atoms with E-state index in [9.17, 15) is 0 Å². The van der Waals surface area contributed by atoms with E-state index in [0.29, 0.717) is 12.6 Å². The van der Waals surface area contributed by atoms with Gasteiger partial charge in [-0.3, -0.25) is 0 Å². The molecule has 0 amide bonds. The lowest BCUT2D eigenvalue weighted by atomic mass is 10.3. The highest BCUT2D eigenvalue weighted by molar-refractivity contribution is 5.74. The van der Waals surface area contributed by atoms with Gasteiger partial charge in [0, 0.05) is 13.1 Å². The Labute approximate surface area is 101 Å². The van der Waals surface area contributed by atoms with Gasteiger partial charge >= 0.3 is 0 Å². The molecule has 4 heteroatoms. The van der Waals surface area contributed by atoms with E-state index < -0.39 is 0 Å². The second-order valence-electron chi connectivity index (χ2n) is 4.03. The monoisotopic (exact) mass is 234 g/mol. The zero-order valence-electron chi connectivity index (χ0n) is 10.1. The first-order chi connectivity index (χ1) is 8.35. The van der Waals surface area contributed by atoms with Crippen molar-refractivity contribution in [1.29, 1.82) is 0 Å². The van der Waals surface area contributed by atoms with Crippen molar-refractivity contribution in [3.8, 4) is 0 Å². The molecule has 0 atom stereocenters. The molecule has 0 radical (unpaired) electrons. The Balaban J connectivity index is 2.21. The van der Waals surface area contributed by atoms with Gasteiger partial charge in [-0.05, 0) is 18.6 Å². The Morgan fingerprint density at radius 3 is 2.82 bits per heavy atom. The predicted octanol–water partition coefficient (Wildman–Crippen LogP) is 2.43. The molecule has 1 heterocycles. The van der Waals surface area contributed by atoms with Crippen LogP contribution in [0.3, 0.4) is 0 Å². The van der Waals surface area contributed by atoms with Gasteiger partial charge in [0.25, 0.3) is 6.01 Å². The Morgan fingerprint density at radius 2 is 2.12 bits per heavy atom. The summed E-state index contributed by atoms with van der Waals surface area (Å²) in [5.74, 6) is 0. The minimum atomic E-state index is 0.114. The number of aromatic nitrogens is 1. The molecule has 0 aliphatic heterocycles. The molecule has 0 spiro atoms. The summed E-state index contributed by atoms with van der Waals surface area (Å²) in [5, 5.41) is 9.06. The minimum absolute atomic E-state index is 0.114. The van der Waals surface area contributed by atoms with Crippen LogP contribution in [0, 0.1) is 0 Å². The molecule has 0 fully saturated rings. The zero-order chi connectivity index (χ0) is 12.1. The summed E-state index contributed by atoms with van der Waals surface area (Å²) in [7, 11) is 0. The van der Waals surface area contributed by atoms with E-state index in [1.54, 1.807) is 0 Å². The first kappa shape index (κ1) is 11.9. The van der Waals surface area contributed by atoms with Crippen molar-refractivity contribution in [3.05, 3.63) is 24.3 Å². The molecule has 0 saturated carbocycles. The third kappa shape index (κ3) is 2.77. The van der Waals surface area contributed by atoms with Gasteiger partial charge in [0.05, 0.1) is 6.61 Å². The molecule has 0 bridgehead atoms. The van der Waals surface area contributed by atoms with E-state index >= 15 is 0 Å². The highest BCUT2D eigenvalue weighted by Crippen LogP contribution is 2.21. The van der Waals surface area contributed by atoms with Crippen molar-refractivity contribution in [1.82, 2.24) is 4.98 Å². The summed E-state index contributed by atoms with van der Waals surface area (Å²) in [6, 6.07) is 8.31. The Morgan fingerprint density at radius 1 is 1.29 bits per heavy atom. The molecular weight excluding hydrogens is 216 g/mol. The molecule has 2 aromatic rings. The Bertz CT molecular complexity index is 434. The number of nitrogens with zero attached hydrogens (tertiary/aromatic N) is 2. The number of benzene rings is 1. The van der Waals surface area contributed by atoms with Crippen LogP contribution >= 0.6 is 0 Å². The Hall–Kier alpha value is -1.55. The maximum absolute atomic E-state index is 9.06. The standard InChI is InChI=1S/C13H18N2O2/c1-2-3-8-15(9-10-16)13-14-11-6-4-5-7-12(11)17-13/h4-7,16H,2-3,8-10H2,1H3. The van der Waals surface area contributed by atoms with Crippen LogP contribution in [-0.4, -0.2) is 29.8 Å². The number of hydrogen-bond acceptors (Lipinski definition) is 4. The quantitative estimate of drug-likeness (QED) is 0.834. The summed E-state index contributed by atoms with van der Waals surface area (Å²) in [4.78, 5) is 6.42. The molecule has 0 aliphatic rings. The number of aliphatic hydroxyl groups is 1. The summed E-state index contributed by atoms with van der Waals surface area (Å²) in [6.45, 7) is 3.68. The lowest BCUT2D eigenvalue weighted by Gasteiger charge is -2.18. The second kappa shape index (κ2) is 5.68. The number of fused-ring (bicyclic) bond motifs is 1. The highest BCUT2D eigenvalue weighted by Gasteiger charge is 2.12. The van der Waals surface area contributed by atoms with Crippen LogP contribution in [0.15, 0.2) is 28.7 Å². The topological polar surface area (TPSA) is 49.5 Å². The lowest BCUT2D eigenvalue weighted by molar-refractivity contribution is 0.298. The molecule has 1 aromatic carbocycles. The molecule has 0 saturated heterocycles. The van der Waals surface area contributed by atoms with Crippen LogP contribution in [0.4, 0.5) is 6.01 Å². The Kier molecular flexibility index (Phi) is 3.98. The molecule has 1 aromatic heterocycles. The van der Waals surface area contributed by atoms with E-state index in [0.717, 1.165) is 30.5 Å². The van der Waals surface area contributed by atoms with E-state index in [2.05, 4.69) is 11.9 Å². The van der Waals surface area contributed by atoms with Gasteiger partial charge in [-0.2, -0.15) is 4.98 Å².